The molecule has 1 atom stereocenters. The lowest BCUT2D eigenvalue weighted by Crippen LogP contribution is -2.45. The van der Waals surface area contributed by atoms with E-state index in [4.69, 9.17) is 9.84 Å². The number of ether oxygens (including phenoxy) is 1. The van der Waals surface area contributed by atoms with E-state index >= 15 is 0 Å². The van der Waals surface area contributed by atoms with Crippen LogP contribution in [0.4, 0.5) is 8.78 Å². The minimum Gasteiger partial charge on any atom is -0.478 e. The molecule has 0 saturated carbocycles. The summed E-state index contributed by atoms with van der Waals surface area (Å²) >= 11 is 0. The van der Waals surface area contributed by atoms with Gasteiger partial charge >= 0.3 is 5.97 Å². The molecule has 0 aromatic heterocycles. The molecule has 0 bridgehead atoms. The summed E-state index contributed by atoms with van der Waals surface area (Å²) in [6, 6.07) is 1.15. The molecule has 1 aliphatic heterocycles. The minimum absolute atomic E-state index is 0.189. The number of nitrogens with zero attached hydrogens (tertiary/aromatic N) is 1. The van der Waals surface area contributed by atoms with Gasteiger partial charge in [-0.05, 0) is 19.1 Å². The average Bonchev–Trinajstić information content (AvgIpc) is 2.40. The molecule has 108 valence electrons. The number of benzene rings is 1. The van der Waals surface area contributed by atoms with E-state index in [9.17, 15) is 18.4 Å². The van der Waals surface area contributed by atoms with Crippen LogP contribution in [0.15, 0.2) is 12.1 Å². The molecule has 1 saturated heterocycles. The van der Waals surface area contributed by atoms with Crippen LogP contribution in [0.2, 0.25) is 0 Å². The molecular weight excluding hydrogens is 272 g/mol. The number of aromatic carboxylic acids is 1. The molecule has 5 nitrogen and oxygen atoms in total. The Kier molecular flexibility index (Phi) is 3.99. The van der Waals surface area contributed by atoms with E-state index < -0.39 is 29.1 Å². The minimum atomic E-state index is -1.48. The molecule has 7 heteroatoms. The lowest BCUT2D eigenvalue weighted by Gasteiger charge is -2.31. The van der Waals surface area contributed by atoms with Crippen molar-refractivity contribution in [3.05, 3.63) is 34.9 Å². The van der Waals surface area contributed by atoms with Crippen molar-refractivity contribution in [2.75, 3.05) is 19.7 Å². The first-order valence-corrected chi connectivity index (χ1v) is 6.03. The highest BCUT2D eigenvalue weighted by Gasteiger charge is 2.27. The Bertz CT molecular complexity index is 562. The van der Waals surface area contributed by atoms with Crippen molar-refractivity contribution in [1.29, 1.82) is 0 Å². The molecule has 0 radical (unpaired) electrons. The van der Waals surface area contributed by atoms with E-state index in [-0.39, 0.29) is 24.8 Å². The number of hydrogen-bond donors (Lipinski definition) is 1. The second-order valence-corrected chi connectivity index (χ2v) is 4.55. The van der Waals surface area contributed by atoms with Crippen LogP contribution in [0.1, 0.15) is 27.6 Å². The molecule has 1 fully saturated rings. The Morgan fingerprint density at radius 3 is 2.45 bits per heavy atom. The van der Waals surface area contributed by atoms with E-state index in [1.54, 1.807) is 6.92 Å². The van der Waals surface area contributed by atoms with Crippen molar-refractivity contribution in [3.8, 4) is 0 Å². The van der Waals surface area contributed by atoms with Crippen molar-refractivity contribution in [3.63, 3.8) is 0 Å². The maximum Gasteiger partial charge on any atom is 0.336 e. The van der Waals surface area contributed by atoms with Crippen LogP contribution in [0.3, 0.4) is 0 Å². The lowest BCUT2D eigenvalue weighted by molar-refractivity contribution is -0.0125. The molecular formula is C13H13F2NO4. The van der Waals surface area contributed by atoms with Gasteiger partial charge in [0.05, 0.1) is 23.8 Å². The van der Waals surface area contributed by atoms with Gasteiger partial charge in [0.15, 0.2) is 11.6 Å². The lowest BCUT2D eigenvalue weighted by atomic mass is 10.0. The molecule has 1 N–H and O–H groups in total. The topological polar surface area (TPSA) is 66.8 Å². The largest absolute Gasteiger partial charge is 0.478 e. The van der Waals surface area contributed by atoms with E-state index in [1.165, 1.54) is 4.90 Å². The van der Waals surface area contributed by atoms with Crippen LogP contribution < -0.4 is 0 Å². The van der Waals surface area contributed by atoms with Gasteiger partial charge in [-0.25, -0.2) is 13.6 Å². The highest BCUT2D eigenvalue weighted by Crippen LogP contribution is 2.18. The molecule has 1 aromatic carbocycles. The quantitative estimate of drug-likeness (QED) is 0.894. The summed E-state index contributed by atoms with van der Waals surface area (Å²) in [5.41, 5.74) is -0.904. The highest BCUT2D eigenvalue weighted by molar-refractivity contribution is 6.04. The van der Waals surface area contributed by atoms with Crippen molar-refractivity contribution < 1.29 is 28.2 Å². The Hall–Kier alpha value is -2.02. The molecule has 2 rings (SSSR count). The predicted molar refractivity (Wildman–Crippen MR) is 64.6 cm³/mol. The summed E-state index contributed by atoms with van der Waals surface area (Å²) in [7, 11) is 0. The second kappa shape index (κ2) is 5.54. The molecule has 1 amide bonds. The van der Waals surface area contributed by atoms with Crippen molar-refractivity contribution in [2.45, 2.75) is 13.0 Å². The molecule has 1 heterocycles. The fourth-order valence-corrected chi connectivity index (χ4v) is 2.07. The number of amides is 1. The number of carbonyl (C=O) groups is 2. The van der Waals surface area contributed by atoms with Gasteiger partial charge in [-0.1, -0.05) is 0 Å². The summed E-state index contributed by atoms with van der Waals surface area (Å²) in [6.07, 6.45) is -0.189. The Morgan fingerprint density at radius 2 is 1.90 bits per heavy atom. The average molecular weight is 285 g/mol. The molecule has 20 heavy (non-hydrogen) atoms. The molecule has 1 aromatic rings. The number of carboxylic acids is 1. The van der Waals surface area contributed by atoms with Gasteiger partial charge in [-0.15, -0.1) is 0 Å². The Balaban J connectivity index is 2.38. The SMILES string of the molecule is CC1CN(C(=O)c2cc(F)c(F)cc2C(=O)O)CCO1. The third-order valence-electron chi connectivity index (χ3n) is 3.05. The van der Waals surface area contributed by atoms with E-state index in [1.807, 2.05) is 0 Å². The number of rotatable bonds is 2. The van der Waals surface area contributed by atoms with Crippen molar-refractivity contribution in [2.24, 2.45) is 0 Å². The van der Waals surface area contributed by atoms with Crippen LogP contribution >= 0.6 is 0 Å². The van der Waals surface area contributed by atoms with E-state index in [0.717, 1.165) is 0 Å². The maximum atomic E-state index is 13.3. The van der Waals surface area contributed by atoms with Gasteiger partial charge in [0.1, 0.15) is 0 Å². The van der Waals surface area contributed by atoms with Gasteiger partial charge in [-0.3, -0.25) is 4.79 Å². The van der Waals surface area contributed by atoms with Gasteiger partial charge in [0, 0.05) is 13.1 Å². The first-order chi connectivity index (χ1) is 9.40. The van der Waals surface area contributed by atoms with Crippen LogP contribution in [0.25, 0.3) is 0 Å². The van der Waals surface area contributed by atoms with Crippen LogP contribution in [0.5, 0.6) is 0 Å². The number of halogens is 2. The van der Waals surface area contributed by atoms with Gasteiger partial charge in [0.25, 0.3) is 5.91 Å². The standard InChI is InChI=1S/C13H13F2NO4/c1-7-6-16(2-3-20-7)12(17)8-4-10(14)11(15)5-9(8)13(18)19/h4-5,7H,2-3,6H2,1H3,(H,18,19). The fourth-order valence-electron chi connectivity index (χ4n) is 2.07. The van der Waals surface area contributed by atoms with E-state index in [0.29, 0.717) is 18.7 Å². The Morgan fingerprint density at radius 1 is 1.30 bits per heavy atom. The number of hydrogen-bond acceptors (Lipinski definition) is 3. The smallest absolute Gasteiger partial charge is 0.336 e. The fraction of sp³-hybridized carbons (Fsp3) is 0.385. The summed E-state index contributed by atoms with van der Waals surface area (Å²) in [5, 5.41) is 9.00. The van der Waals surface area contributed by atoms with Crippen LogP contribution in [0, 0.1) is 11.6 Å². The number of morpholine rings is 1. The summed E-state index contributed by atoms with van der Waals surface area (Å²) in [4.78, 5) is 24.7. The zero-order valence-corrected chi connectivity index (χ0v) is 10.7. The molecule has 0 spiro atoms. The maximum absolute atomic E-state index is 13.3. The first kappa shape index (κ1) is 14.4. The summed E-state index contributed by atoms with van der Waals surface area (Å²) in [6.45, 7) is 2.64. The zero-order chi connectivity index (χ0) is 14.9. The van der Waals surface area contributed by atoms with Crippen LogP contribution in [-0.4, -0.2) is 47.7 Å². The van der Waals surface area contributed by atoms with Crippen molar-refractivity contribution in [1.82, 2.24) is 4.90 Å². The second-order valence-electron chi connectivity index (χ2n) is 4.55. The normalized spacial score (nSPS) is 18.9. The van der Waals surface area contributed by atoms with Gasteiger partial charge in [-0.2, -0.15) is 0 Å². The van der Waals surface area contributed by atoms with Crippen molar-refractivity contribution >= 4 is 11.9 Å². The third kappa shape index (κ3) is 2.77. The van der Waals surface area contributed by atoms with E-state index in [2.05, 4.69) is 0 Å². The molecule has 0 aliphatic carbocycles. The van der Waals surface area contributed by atoms with Crippen LogP contribution in [-0.2, 0) is 4.74 Å². The molecule has 1 aliphatic rings. The number of carbonyl (C=O) groups excluding carboxylic acids is 1. The molecule has 1 unspecified atom stereocenters. The Labute approximate surface area is 113 Å². The number of carboxylic acid groups (broad SMARTS) is 1. The first-order valence-electron chi connectivity index (χ1n) is 6.03. The summed E-state index contributed by atoms with van der Waals surface area (Å²) < 4.78 is 31.6. The third-order valence-corrected chi connectivity index (χ3v) is 3.05. The summed E-state index contributed by atoms with van der Waals surface area (Å²) in [5.74, 6) is -4.67. The highest BCUT2D eigenvalue weighted by atomic mass is 19.2. The monoisotopic (exact) mass is 285 g/mol. The predicted octanol–water partition coefficient (Wildman–Crippen LogP) is 1.52. The van der Waals surface area contributed by atoms with Gasteiger partial charge < -0.3 is 14.7 Å². The van der Waals surface area contributed by atoms with Gasteiger partial charge in [0.2, 0.25) is 0 Å². The zero-order valence-electron chi connectivity index (χ0n) is 10.7.